The van der Waals surface area contributed by atoms with E-state index < -0.39 is 60.1 Å². The van der Waals surface area contributed by atoms with Gasteiger partial charge in [0.1, 0.15) is 18.1 Å². The van der Waals surface area contributed by atoms with E-state index in [1.165, 1.54) is 53.3 Å². The SMILES string of the molecule is C=CCOC(=O)[C@H]1[C@@H](C(=O)N(C)c2cc(Cl)cc(Cl)c2)[C@H]2CC(F)(F)CN2C12C(=O)Nc1c(Cl)cc(Cl)cc12. The van der Waals surface area contributed by atoms with E-state index in [4.69, 9.17) is 51.1 Å². The molecule has 5 rings (SSSR count). The van der Waals surface area contributed by atoms with Crippen LogP contribution in [-0.2, 0) is 24.7 Å². The number of fused-ring (bicyclic) bond motifs is 4. The molecule has 39 heavy (non-hydrogen) atoms. The lowest BCUT2D eigenvalue weighted by Crippen LogP contribution is -2.54. The third-order valence-electron chi connectivity index (χ3n) is 7.48. The number of amides is 2. The van der Waals surface area contributed by atoms with Crippen molar-refractivity contribution in [1.29, 1.82) is 0 Å². The van der Waals surface area contributed by atoms with Crippen molar-refractivity contribution in [3.63, 3.8) is 0 Å². The van der Waals surface area contributed by atoms with Crippen molar-refractivity contribution in [2.45, 2.75) is 23.9 Å². The Bertz CT molecular complexity index is 1400. The van der Waals surface area contributed by atoms with E-state index in [1.54, 1.807) is 0 Å². The van der Waals surface area contributed by atoms with E-state index >= 15 is 8.78 Å². The highest BCUT2D eigenvalue weighted by atomic mass is 35.5. The summed E-state index contributed by atoms with van der Waals surface area (Å²) >= 11 is 24.9. The van der Waals surface area contributed by atoms with Crippen molar-refractivity contribution < 1.29 is 27.9 Å². The van der Waals surface area contributed by atoms with Crippen LogP contribution in [0, 0.1) is 11.8 Å². The van der Waals surface area contributed by atoms with Crippen LogP contribution in [0.25, 0.3) is 0 Å². The number of alkyl halides is 2. The number of nitrogens with one attached hydrogen (secondary N) is 1. The second kappa shape index (κ2) is 9.89. The number of nitrogens with zero attached hydrogens (tertiary/aromatic N) is 2. The monoisotopic (exact) mass is 617 g/mol. The molecule has 3 aliphatic heterocycles. The van der Waals surface area contributed by atoms with Crippen molar-refractivity contribution in [2.24, 2.45) is 11.8 Å². The van der Waals surface area contributed by atoms with Crippen LogP contribution in [0.1, 0.15) is 12.0 Å². The quantitative estimate of drug-likeness (QED) is 0.339. The van der Waals surface area contributed by atoms with Crippen LogP contribution in [0.3, 0.4) is 0 Å². The van der Waals surface area contributed by atoms with Crippen LogP contribution in [0.5, 0.6) is 0 Å². The number of hydrogen-bond donors (Lipinski definition) is 1. The van der Waals surface area contributed by atoms with Gasteiger partial charge in [-0.25, -0.2) is 8.78 Å². The van der Waals surface area contributed by atoms with Gasteiger partial charge in [-0.05, 0) is 30.3 Å². The molecule has 3 heterocycles. The molecule has 3 aliphatic rings. The highest BCUT2D eigenvalue weighted by Gasteiger charge is 2.75. The van der Waals surface area contributed by atoms with Gasteiger partial charge in [-0.15, -0.1) is 0 Å². The molecule has 4 atom stereocenters. The fourth-order valence-electron chi connectivity index (χ4n) is 6.08. The molecule has 0 aromatic heterocycles. The Balaban J connectivity index is 1.73. The Morgan fingerprint density at radius 2 is 1.79 bits per heavy atom. The molecule has 0 bridgehead atoms. The first-order valence-corrected chi connectivity index (χ1v) is 13.3. The van der Waals surface area contributed by atoms with E-state index in [9.17, 15) is 14.4 Å². The molecule has 2 aromatic rings. The van der Waals surface area contributed by atoms with Crippen LogP contribution in [0.4, 0.5) is 20.2 Å². The fraction of sp³-hybridized carbons (Fsp3) is 0.346. The zero-order chi connectivity index (χ0) is 28.4. The van der Waals surface area contributed by atoms with E-state index in [1.807, 2.05) is 0 Å². The Labute approximate surface area is 242 Å². The number of carbonyl (C=O) groups excluding carboxylic acids is 3. The summed E-state index contributed by atoms with van der Waals surface area (Å²) in [5.41, 5.74) is -1.52. The normalized spacial score (nSPS) is 26.7. The molecule has 0 radical (unpaired) electrons. The number of carbonyl (C=O) groups is 3. The van der Waals surface area contributed by atoms with Crippen LogP contribution < -0.4 is 10.2 Å². The molecule has 2 amide bonds. The standard InChI is InChI=1S/C26H21Cl4F2N3O4/c1-3-4-39-23(37)20-19(22(36)34(2)15-6-12(27)5-13(28)7-15)18-10-25(31,32)11-35(18)26(20)16-8-14(29)9-17(30)21(16)33-24(26)38/h3,5-9,18-20H,1,4,10-11H2,2H3,(H,33,38)/t18-,19+,20-,26?/m1/s1. The van der Waals surface area contributed by atoms with Crippen molar-refractivity contribution in [3.8, 4) is 0 Å². The number of benzene rings is 2. The highest BCUT2D eigenvalue weighted by Crippen LogP contribution is 2.61. The first-order chi connectivity index (χ1) is 18.3. The number of ether oxygens (including phenoxy) is 1. The van der Waals surface area contributed by atoms with Gasteiger partial charge in [0.05, 0.1) is 23.2 Å². The first kappa shape index (κ1) is 28.1. The summed E-state index contributed by atoms with van der Waals surface area (Å²) in [5, 5.41) is 3.30. The van der Waals surface area contributed by atoms with E-state index in [-0.39, 0.29) is 43.6 Å². The minimum absolute atomic E-state index is 0.0592. The van der Waals surface area contributed by atoms with E-state index in [2.05, 4.69) is 11.9 Å². The van der Waals surface area contributed by atoms with E-state index in [0.29, 0.717) is 0 Å². The Morgan fingerprint density at radius 1 is 1.15 bits per heavy atom. The Hall–Kier alpha value is -2.43. The summed E-state index contributed by atoms with van der Waals surface area (Å²) in [6, 6.07) is 5.99. The maximum Gasteiger partial charge on any atom is 0.312 e. The van der Waals surface area contributed by atoms with Crippen LogP contribution in [0.2, 0.25) is 20.1 Å². The zero-order valence-corrected chi connectivity index (χ0v) is 23.3. The second-order valence-electron chi connectivity index (χ2n) is 9.73. The average molecular weight is 619 g/mol. The van der Waals surface area contributed by atoms with Gasteiger partial charge in [-0.1, -0.05) is 59.1 Å². The van der Waals surface area contributed by atoms with Crippen molar-refractivity contribution in [2.75, 3.05) is 30.4 Å². The van der Waals surface area contributed by atoms with Crippen molar-refractivity contribution >= 4 is 75.6 Å². The van der Waals surface area contributed by atoms with Gasteiger partial charge in [0.2, 0.25) is 5.91 Å². The topological polar surface area (TPSA) is 79.0 Å². The van der Waals surface area contributed by atoms with Crippen LogP contribution in [0.15, 0.2) is 43.0 Å². The van der Waals surface area contributed by atoms with Crippen LogP contribution in [-0.4, -0.2) is 54.8 Å². The fourth-order valence-corrected chi connectivity index (χ4v) is 7.14. The summed E-state index contributed by atoms with van der Waals surface area (Å²) in [6.07, 6.45) is 0.555. The molecule has 13 heteroatoms. The third kappa shape index (κ3) is 4.39. The lowest BCUT2D eigenvalue weighted by Gasteiger charge is -2.36. The van der Waals surface area contributed by atoms with Gasteiger partial charge in [0.25, 0.3) is 11.8 Å². The molecule has 1 unspecified atom stereocenters. The molecule has 1 spiro atoms. The maximum atomic E-state index is 15.0. The van der Waals surface area contributed by atoms with Gasteiger partial charge in [0, 0.05) is 45.8 Å². The molecular formula is C26H21Cl4F2N3O4. The number of rotatable bonds is 5. The number of halogens is 6. The number of anilines is 2. The predicted molar refractivity (Wildman–Crippen MR) is 145 cm³/mol. The van der Waals surface area contributed by atoms with Crippen LogP contribution >= 0.6 is 46.4 Å². The van der Waals surface area contributed by atoms with Gasteiger partial charge < -0.3 is 15.0 Å². The second-order valence-corrected chi connectivity index (χ2v) is 11.4. The maximum absolute atomic E-state index is 15.0. The molecule has 7 nitrogen and oxygen atoms in total. The van der Waals surface area contributed by atoms with Gasteiger partial charge in [-0.3, -0.25) is 19.3 Å². The predicted octanol–water partition coefficient (Wildman–Crippen LogP) is 5.80. The molecule has 2 aromatic carbocycles. The Kier molecular flexibility index (Phi) is 7.13. The molecule has 1 N–H and O–H groups in total. The first-order valence-electron chi connectivity index (χ1n) is 11.8. The number of esters is 1. The van der Waals surface area contributed by atoms with Crippen molar-refractivity contribution in [1.82, 2.24) is 4.90 Å². The molecule has 2 fully saturated rings. The smallest absolute Gasteiger partial charge is 0.312 e. The summed E-state index contributed by atoms with van der Waals surface area (Å²) in [6.45, 7) is 2.43. The van der Waals surface area contributed by atoms with E-state index in [0.717, 1.165) is 0 Å². The number of hydrogen-bond acceptors (Lipinski definition) is 5. The molecule has 206 valence electrons. The zero-order valence-electron chi connectivity index (χ0n) is 20.3. The van der Waals surface area contributed by atoms with Gasteiger partial charge in [0.15, 0.2) is 0 Å². The average Bonchev–Trinajstić information content (AvgIpc) is 3.42. The molecule has 2 saturated heterocycles. The summed E-state index contributed by atoms with van der Waals surface area (Å²) in [4.78, 5) is 44.2. The lowest BCUT2D eigenvalue weighted by molar-refractivity contribution is -0.158. The van der Waals surface area contributed by atoms with Gasteiger partial charge in [-0.2, -0.15) is 0 Å². The molecule has 0 saturated carbocycles. The summed E-state index contributed by atoms with van der Waals surface area (Å²) < 4.78 is 35.5. The minimum atomic E-state index is -3.25. The Morgan fingerprint density at radius 3 is 2.44 bits per heavy atom. The largest absolute Gasteiger partial charge is 0.461 e. The van der Waals surface area contributed by atoms with Gasteiger partial charge >= 0.3 is 5.97 Å². The lowest BCUT2D eigenvalue weighted by atomic mass is 9.73. The molecular weight excluding hydrogens is 598 g/mol. The minimum Gasteiger partial charge on any atom is -0.461 e. The summed E-state index contributed by atoms with van der Waals surface area (Å²) in [7, 11) is 1.41. The summed E-state index contributed by atoms with van der Waals surface area (Å²) in [5.74, 6) is -8.62. The highest BCUT2D eigenvalue weighted by molar-refractivity contribution is 6.38. The van der Waals surface area contributed by atoms with Crippen molar-refractivity contribution in [3.05, 3.63) is 68.6 Å². The molecule has 0 aliphatic carbocycles. The third-order valence-corrected chi connectivity index (χ3v) is 8.44.